The van der Waals surface area contributed by atoms with Gasteiger partial charge in [-0.1, -0.05) is 63.2 Å². The minimum Gasteiger partial charge on any atom is -0.455 e. The molecular weight excluding hydrogens is 464 g/mol. The Morgan fingerprint density at radius 2 is 1.58 bits per heavy atom. The second-order valence-electron chi connectivity index (χ2n) is 11.6. The van der Waals surface area contributed by atoms with Crippen LogP contribution in [0.4, 0.5) is 11.4 Å². The molecule has 0 radical (unpaired) electrons. The molecule has 1 aliphatic rings. The summed E-state index contributed by atoms with van der Waals surface area (Å²) >= 11 is 0. The average molecular weight is 495 g/mol. The molecule has 2 bridgehead atoms. The lowest BCUT2D eigenvalue weighted by molar-refractivity contribution is 0.411. The van der Waals surface area contributed by atoms with Gasteiger partial charge >= 0.3 is 0 Å². The summed E-state index contributed by atoms with van der Waals surface area (Å²) in [5.74, 6) is 0. The van der Waals surface area contributed by atoms with Gasteiger partial charge in [0.25, 0.3) is 0 Å². The topological polar surface area (TPSA) is 38.1 Å². The first-order valence-corrected chi connectivity index (χ1v) is 13.3. The summed E-state index contributed by atoms with van der Waals surface area (Å²) in [6.45, 7) is 9.05. The molecule has 0 fully saturated rings. The van der Waals surface area contributed by atoms with Crippen LogP contribution in [0.2, 0.25) is 0 Å². The van der Waals surface area contributed by atoms with Gasteiger partial charge in [-0.15, -0.1) is 0 Å². The number of nitrogens with zero attached hydrogens (tertiary/aromatic N) is 1. The molecule has 1 N–H and O–H groups in total. The first kappa shape index (κ1) is 22.8. The van der Waals surface area contributed by atoms with Gasteiger partial charge in [0.2, 0.25) is 0 Å². The number of fused-ring (bicyclic) bond motifs is 10. The lowest BCUT2D eigenvalue weighted by atomic mass is 9.87. The zero-order valence-electron chi connectivity index (χ0n) is 22.2. The van der Waals surface area contributed by atoms with E-state index in [4.69, 9.17) is 9.40 Å². The number of hydrogen-bond donors (Lipinski definition) is 1. The zero-order valence-corrected chi connectivity index (χ0v) is 22.2. The summed E-state index contributed by atoms with van der Waals surface area (Å²) in [4.78, 5) is 4.74. The molecule has 7 rings (SSSR count). The third-order valence-corrected chi connectivity index (χ3v) is 7.58. The SMILES string of the molecule is Cc1c2cccc1-c1c(ccc3c1oc1ccccc13)Nc1ccc(-c3cc(CC(C)(C)C)ccn3)cc1-2. The lowest BCUT2D eigenvalue weighted by Gasteiger charge is -2.23. The van der Waals surface area contributed by atoms with Crippen molar-refractivity contribution in [3.8, 4) is 33.5 Å². The number of furan rings is 1. The highest BCUT2D eigenvalue weighted by Gasteiger charge is 2.23. The van der Waals surface area contributed by atoms with E-state index in [0.29, 0.717) is 0 Å². The van der Waals surface area contributed by atoms with Gasteiger partial charge < -0.3 is 9.73 Å². The van der Waals surface area contributed by atoms with Gasteiger partial charge in [0, 0.05) is 39.3 Å². The van der Waals surface area contributed by atoms with Crippen LogP contribution in [-0.2, 0) is 6.42 Å². The fraction of sp³-hybridized carbons (Fsp3) is 0.171. The van der Waals surface area contributed by atoms with Crippen molar-refractivity contribution < 1.29 is 4.42 Å². The molecule has 3 heterocycles. The Balaban J connectivity index is 1.41. The quantitative estimate of drug-likeness (QED) is 0.260. The minimum absolute atomic E-state index is 0.227. The molecule has 0 aliphatic carbocycles. The molecule has 0 spiro atoms. The molecule has 0 saturated heterocycles. The molecule has 186 valence electrons. The van der Waals surface area contributed by atoms with Crippen LogP contribution >= 0.6 is 0 Å². The van der Waals surface area contributed by atoms with Crippen LogP contribution in [0.25, 0.3) is 55.4 Å². The summed E-state index contributed by atoms with van der Waals surface area (Å²) in [6, 6.07) is 30.2. The summed E-state index contributed by atoms with van der Waals surface area (Å²) in [5.41, 5.74) is 13.6. The molecule has 6 aromatic rings. The summed E-state index contributed by atoms with van der Waals surface area (Å²) in [5, 5.41) is 6.05. The van der Waals surface area contributed by atoms with Crippen LogP contribution < -0.4 is 5.32 Å². The van der Waals surface area contributed by atoms with Crippen LogP contribution in [0.15, 0.2) is 95.5 Å². The van der Waals surface area contributed by atoms with E-state index in [0.717, 1.165) is 56.6 Å². The van der Waals surface area contributed by atoms with E-state index in [9.17, 15) is 0 Å². The number of para-hydroxylation sites is 1. The monoisotopic (exact) mass is 494 g/mol. The van der Waals surface area contributed by atoms with E-state index < -0.39 is 0 Å². The number of rotatable bonds is 2. The molecule has 38 heavy (non-hydrogen) atoms. The van der Waals surface area contributed by atoms with Gasteiger partial charge in [-0.05, 0) is 83.5 Å². The number of hydrogen-bond acceptors (Lipinski definition) is 3. The van der Waals surface area contributed by atoms with Crippen molar-refractivity contribution in [2.24, 2.45) is 5.41 Å². The number of nitrogens with one attached hydrogen (secondary N) is 1. The van der Waals surface area contributed by atoms with Gasteiger partial charge in [0.15, 0.2) is 0 Å². The van der Waals surface area contributed by atoms with E-state index in [1.165, 1.54) is 27.8 Å². The summed E-state index contributed by atoms with van der Waals surface area (Å²) in [6.07, 6.45) is 2.95. The number of benzene rings is 4. The fourth-order valence-electron chi connectivity index (χ4n) is 5.89. The minimum atomic E-state index is 0.227. The molecule has 3 nitrogen and oxygen atoms in total. The maximum atomic E-state index is 6.46. The fourth-order valence-corrected chi connectivity index (χ4v) is 5.89. The Morgan fingerprint density at radius 1 is 0.763 bits per heavy atom. The van der Waals surface area contributed by atoms with Gasteiger partial charge in [0.05, 0.1) is 11.4 Å². The number of anilines is 2. The molecule has 0 atom stereocenters. The Labute approximate surface area is 223 Å². The first-order valence-electron chi connectivity index (χ1n) is 13.3. The molecule has 0 unspecified atom stereocenters. The van der Waals surface area contributed by atoms with E-state index in [-0.39, 0.29) is 5.41 Å². The maximum Gasteiger partial charge on any atom is 0.145 e. The number of pyridine rings is 1. The molecule has 0 saturated carbocycles. The predicted octanol–water partition coefficient (Wildman–Crippen LogP) is 9.94. The molecule has 4 aromatic carbocycles. The zero-order chi connectivity index (χ0) is 26.0. The van der Waals surface area contributed by atoms with Crippen molar-refractivity contribution in [2.45, 2.75) is 34.1 Å². The van der Waals surface area contributed by atoms with Crippen LogP contribution in [0.3, 0.4) is 0 Å². The van der Waals surface area contributed by atoms with Crippen LogP contribution in [0.1, 0.15) is 31.9 Å². The number of aromatic nitrogens is 1. The molecule has 2 aromatic heterocycles. The van der Waals surface area contributed by atoms with Crippen LogP contribution in [0.5, 0.6) is 0 Å². The van der Waals surface area contributed by atoms with Gasteiger partial charge in [-0.25, -0.2) is 0 Å². The Bertz CT molecular complexity index is 1870. The Hall–Kier alpha value is -4.37. The molecule has 3 heteroatoms. The van der Waals surface area contributed by atoms with E-state index >= 15 is 0 Å². The summed E-state index contributed by atoms with van der Waals surface area (Å²) < 4.78 is 6.46. The summed E-state index contributed by atoms with van der Waals surface area (Å²) in [7, 11) is 0. The van der Waals surface area contributed by atoms with Crippen LogP contribution in [-0.4, -0.2) is 4.98 Å². The van der Waals surface area contributed by atoms with Gasteiger partial charge in [0.1, 0.15) is 11.2 Å². The van der Waals surface area contributed by atoms with Crippen molar-refractivity contribution in [3.05, 3.63) is 102 Å². The van der Waals surface area contributed by atoms with Crippen molar-refractivity contribution in [1.29, 1.82) is 0 Å². The standard InChI is InChI=1S/C35H30N2O/c1-21-24-9-7-10-25(21)33-30(15-13-27-26-8-5-6-11-32(26)38-34(27)33)37-29-14-12-23(19-28(24)29)31-18-22(16-17-36-31)20-35(2,3)4/h5-19,37H,20H2,1-4H3. The third-order valence-electron chi connectivity index (χ3n) is 7.58. The second kappa shape index (κ2) is 8.32. The van der Waals surface area contributed by atoms with E-state index in [2.05, 4.69) is 106 Å². The van der Waals surface area contributed by atoms with E-state index in [1.807, 2.05) is 18.3 Å². The first-order chi connectivity index (χ1) is 18.4. The second-order valence-corrected chi connectivity index (χ2v) is 11.6. The lowest BCUT2D eigenvalue weighted by Crippen LogP contribution is -2.09. The molecule has 1 aliphatic heterocycles. The predicted molar refractivity (Wildman–Crippen MR) is 159 cm³/mol. The molecule has 0 amide bonds. The smallest absolute Gasteiger partial charge is 0.145 e. The Kier molecular flexibility index (Phi) is 4.99. The normalized spacial score (nSPS) is 12.5. The van der Waals surface area contributed by atoms with E-state index in [1.54, 1.807) is 0 Å². The van der Waals surface area contributed by atoms with Crippen molar-refractivity contribution in [1.82, 2.24) is 4.98 Å². The van der Waals surface area contributed by atoms with Crippen molar-refractivity contribution >= 4 is 33.3 Å². The Morgan fingerprint density at radius 3 is 2.45 bits per heavy atom. The van der Waals surface area contributed by atoms with Crippen molar-refractivity contribution in [2.75, 3.05) is 5.32 Å². The van der Waals surface area contributed by atoms with Gasteiger partial charge in [-0.2, -0.15) is 0 Å². The van der Waals surface area contributed by atoms with Gasteiger partial charge in [-0.3, -0.25) is 4.98 Å². The highest BCUT2D eigenvalue weighted by Crippen LogP contribution is 2.47. The largest absolute Gasteiger partial charge is 0.455 e. The molecular formula is C35H30N2O. The van der Waals surface area contributed by atoms with Crippen LogP contribution in [0, 0.1) is 12.3 Å². The average Bonchev–Trinajstić information content (AvgIpc) is 3.27. The van der Waals surface area contributed by atoms with Crippen molar-refractivity contribution in [3.63, 3.8) is 0 Å². The highest BCUT2D eigenvalue weighted by atomic mass is 16.3. The highest BCUT2D eigenvalue weighted by molar-refractivity contribution is 6.13. The third kappa shape index (κ3) is 3.69. The maximum absolute atomic E-state index is 6.46.